The van der Waals surface area contributed by atoms with Gasteiger partial charge in [0.05, 0.1) is 12.0 Å². The third-order valence-corrected chi connectivity index (χ3v) is 4.20. The van der Waals surface area contributed by atoms with E-state index in [1.165, 1.54) is 12.8 Å². The highest BCUT2D eigenvalue weighted by Gasteiger charge is 2.33. The molecule has 2 atom stereocenters. The summed E-state index contributed by atoms with van der Waals surface area (Å²) < 4.78 is 0. The zero-order valence-corrected chi connectivity index (χ0v) is 10.9. The zero-order valence-electron chi connectivity index (χ0n) is 10.9. The van der Waals surface area contributed by atoms with Gasteiger partial charge in [-0.2, -0.15) is 0 Å². The van der Waals surface area contributed by atoms with E-state index in [0.717, 1.165) is 12.8 Å². The first-order valence-corrected chi connectivity index (χ1v) is 6.85. The van der Waals surface area contributed by atoms with Crippen LogP contribution in [0.3, 0.4) is 0 Å². The summed E-state index contributed by atoms with van der Waals surface area (Å²) in [6.07, 6.45) is 5.21. The summed E-state index contributed by atoms with van der Waals surface area (Å²) in [7, 11) is 0. The van der Waals surface area contributed by atoms with Gasteiger partial charge in [0, 0.05) is 12.6 Å². The van der Waals surface area contributed by atoms with E-state index in [2.05, 4.69) is 5.32 Å². The van der Waals surface area contributed by atoms with Gasteiger partial charge < -0.3 is 10.4 Å². The standard InChI is InChI=1S/C13H22N2O3/c1-9(12(16)14-11-4-2-3-5-11)15-7-6-10(8-15)13(17)18/h9-11H,2-8H2,1H3,(H,14,16)(H,17,18). The molecular formula is C13H22N2O3. The van der Waals surface area contributed by atoms with Crippen LogP contribution in [0.2, 0.25) is 0 Å². The van der Waals surface area contributed by atoms with E-state index in [9.17, 15) is 9.59 Å². The number of likely N-dealkylation sites (tertiary alicyclic amines) is 1. The van der Waals surface area contributed by atoms with Crippen LogP contribution in [0.25, 0.3) is 0 Å². The molecule has 2 fully saturated rings. The van der Waals surface area contributed by atoms with Crippen molar-refractivity contribution >= 4 is 11.9 Å². The molecular weight excluding hydrogens is 232 g/mol. The Morgan fingerprint density at radius 1 is 1.28 bits per heavy atom. The molecule has 18 heavy (non-hydrogen) atoms. The average molecular weight is 254 g/mol. The van der Waals surface area contributed by atoms with Crippen LogP contribution in [0.1, 0.15) is 39.0 Å². The zero-order chi connectivity index (χ0) is 13.1. The van der Waals surface area contributed by atoms with Crippen molar-refractivity contribution in [1.82, 2.24) is 10.2 Å². The molecule has 2 N–H and O–H groups in total. The number of carbonyl (C=O) groups excluding carboxylic acids is 1. The highest BCUT2D eigenvalue weighted by Crippen LogP contribution is 2.20. The Balaban J connectivity index is 1.81. The van der Waals surface area contributed by atoms with E-state index in [1.54, 1.807) is 0 Å². The lowest BCUT2D eigenvalue weighted by atomic mass is 10.1. The lowest BCUT2D eigenvalue weighted by Gasteiger charge is -2.24. The minimum Gasteiger partial charge on any atom is -0.481 e. The topological polar surface area (TPSA) is 69.6 Å². The third-order valence-electron chi connectivity index (χ3n) is 4.20. The quantitative estimate of drug-likeness (QED) is 0.780. The summed E-state index contributed by atoms with van der Waals surface area (Å²) in [4.78, 5) is 24.9. The molecule has 2 unspecified atom stereocenters. The van der Waals surface area contributed by atoms with Gasteiger partial charge in [0.1, 0.15) is 0 Å². The first-order chi connectivity index (χ1) is 8.58. The Kier molecular flexibility index (Phi) is 4.22. The van der Waals surface area contributed by atoms with Crippen LogP contribution < -0.4 is 5.32 Å². The highest BCUT2D eigenvalue weighted by molar-refractivity contribution is 5.82. The van der Waals surface area contributed by atoms with Gasteiger partial charge in [0.25, 0.3) is 0 Å². The van der Waals surface area contributed by atoms with Crippen LogP contribution in [0.5, 0.6) is 0 Å². The molecule has 0 aromatic rings. The van der Waals surface area contributed by atoms with Gasteiger partial charge in [-0.05, 0) is 32.7 Å². The molecule has 1 heterocycles. The SMILES string of the molecule is CC(C(=O)NC1CCCC1)N1CCC(C(=O)O)C1. The number of hydrogen-bond donors (Lipinski definition) is 2. The molecule has 102 valence electrons. The molecule has 0 bridgehead atoms. The van der Waals surface area contributed by atoms with Gasteiger partial charge in [-0.15, -0.1) is 0 Å². The van der Waals surface area contributed by atoms with Crippen molar-refractivity contribution < 1.29 is 14.7 Å². The molecule has 1 saturated heterocycles. The molecule has 1 saturated carbocycles. The minimum absolute atomic E-state index is 0.0490. The fraction of sp³-hybridized carbons (Fsp3) is 0.846. The summed E-state index contributed by atoms with van der Waals surface area (Å²) in [6.45, 7) is 3.07. The number of amides is 1. The maximum absolute atomic E-state index is 12.1. The highest BCUT2D eigenvalue weighted by atomic mass is 16.4. The Hall–Kier alpha value is -1.10. The largest absolute Gasteiger partial charge is 0.481 e. The van der Waals surface area contributed by atoms with Crippen LogP contribution in [0, 0.1) is 5.92 Å². The summed E-state index contributed by atoms with van der Waals surface area (Å²) in [5, 5.41) is 12.0. The Morgan fingerprint density at radius 3 is 2.50 bits per heavy atom. The van der Waals surface area contributed by atoms with Crippen molar-refractivity contribution in [2.45, 2.75) is 51.1 Å². The summed E-state index contributed by atoms with van der Waals surface area (Å²) in [5.74, 6) is -1.01. The Labute approximate surface area is 108 Å². The number of nitrogens with one attached hydrogen (secondary N) is 1. The first kappa shape index (κ1) is 13.3. The second kappa shape index (κ2) is 5.69. The normalized spacial score (nSPS) is 27.3. The number of rotatable bonds is 4. The maximum atomic E-state index is 12.1. The molecule has 0 radical (unpaired) electrons. The van der Waals surface area contributed by atoms with E-state index in [-0.39, 0.29) is 17.9 Å². The smallest absolute Gasteiger partial charge is 0.307 e. The van der Waals surface area contributed by atoms with E-state index in [0.29, 0.717) is 25.6 Å². The van der Waals surface area contributed by atoms with Crippen LogP contribution in [-0.2, 0) is 9.59 Å². The predicted molar refractivity (Wildman–Crippen MR) is 67.2 cm³/mol. The van der Waals surface area contributed by atoms with E-state index >= 15 is 0 Å². The lowest BCUT2D eigenvalue weighted by Crippen LogP contribution is -2.47. The molecule has 1 aliphatic carbocycles. The van der Waals surface area contributed by atoms with Crippen LogP contribution in [-0.4, -0.2) is 47.1 Å². The molecule has 1 amide bonds. The molecule has 0 aromatic heterocycles. The van der Waals surface area contributed by atoms with Crippen LogP contribution in [0.15, 0.2) is 0 Å². The lowest BCUT2D eigenvalue weighted by molar-refractivity contribution is -0.141. The third kappa shape index (κ3) is 3.02. The molecule has 0 spiro atoms. The molecule has 2 aliphatic rings. The van der Waals surface area contributed by atoms with Gasteiger partial charge in [-0.25, -0.2) is 0 Å². The maximum Gasteiger partial charge on any atom is 0.307 e. The van der Waals surface area contributed by atoms with E-state index < -0.39 is 5.97 Å². The first-order valence-electron chi connectivity index (χ1n) is 6.85. The molecule has 2 rings (SSSR count). The van der Waals surface area contributed by atoms with Gasteiger partial charge >= 0.3 is 5.97 Å². The number of aliphatic carboxylic acids is 1. The summed E-state index contributed by atoms with van der Waals surface area (Å²) >= 11 is 0. The fourth-order valence-electron chi connectivity index (χ4n) is 2.90. The molecule has 5 heteroatoms. The Bertz CT molecular complexity index is 326. The monoisotopic (exact) mass is 254 g/mol. The number of carboxylic acid groups (broad SMARTS) is 1. The summed E-state index contributed by atoms with van der Waals surface area (Å²) in [5.41, 5.74) is 0. The van der Waals surface area contributed by atoms with Crippen molar-refractivity contribution in [1.29, 1.82) is 0 Å². The van der Waals surface area contributed by atoms with Crippen LogP contribution >= 0.6 is 0 Å². The number of carbonyl (C=O) groups is 2. The predicted octanol–water partition coefficient (Wildman–Crippen LogP) is 0.840. The Morgan fingerprint density at radius 2 is 1.94 bits per heavy atom. The minimum atomic E-state index is -0.749. The van der Waals surface area contributed by atoms with Crippen molar-refractivity contribution in [3.8, 4) is 0 Å². The van der Waals surface area contributed by atoms with Crippen molar-refractivity contribution in [3.63, 3.8) is 0 Å². The number of nitrogens with zero attached hydrogens (tertiary/aromatic N) is 1. The van der Waals surface area contributed by atoms with Gasteiger partial charge in [0.2, 0.25) is 5.91 Å². The number of hydrogen-bond acceptors (Lipinski definition) is 3. The van der Waals surface area contributed by atoms with Crippen molar-refractivity contribution in [2.24, 2.45) is 5.92 Å². The van der Waals surface area contributed by atoms with E-state index in [4.69, 9.17) is 5.11 Å². The number of carboxylic acids is 1. The van der Waals surface area contributed by atoms with E-state index in [1.807, 2.05) is 11.8 Å². The van der Waals surface area contributed by atoms with Crippen LogP contribution in [0.4, 0.5) is 0 Å². The van der Waals surface area contributed by atoms with Crippen molar-refractivity contribution in [3.05, 3.63) is 0 Å². The molecule has 1 aliphatic heterocycles. The van der Waals surface area contributed by atoms with Gasteiger partial charge in [-0.3, -0.25) is 14.5 Å². The average Bonchev–Trinajstić information content (AvgIpc) is 2.98. The van der Waals surface area contributed by atoms with Gasteiger partial charge in [-0.1, -0.05) is 12.8 Å². The van der Waals surface area contributed by atoms with Gasteiger partial charge in [0.15, 0.2) is 0 Å². The van der Waals surface area contributed by atoms with Crippen molar-refractivity contribution in [2.75, 3.05) is 13.1 Å². The summed E-state index contributed by atoms with van der Waals surface area (Å²) in [6, 6.07) is 0.118. The fourth-order valence-corrected chi connectivity index (χ4v) is 2.90. The molecule has 0 aromatic carbocycles. The molecule has 5 nitrogen and oxygen atoms in total. The second-order valence-corrected chi connectivity index (χ2v) is 5.48. The second-order valence-electron chi connectivity index (χ2n) is 5.48.